The molecule has 0 bridgehead atoms. The number of ether oxygens (including phenoxy) is 1. The van der Waals surface area contributed by atoms with Gasteiger partial charge in [-0.3, -0.25) is 0 Å². The molecule has 106 valence electrons. The molecule has 1 N–H and O–H groups in total. The molecule has 1 atom stereocenters. The van der Waals surface area contributed by atoms with Crippen molar-refractivity contribution in [2.24, 2.45) is 0 Å². The van der Waals surface area contributed by atoms with Gasteiger partial charge in [-0.05, 0) is 42.9 Å². The van der Waals surface area contributed by atoms with Crippen molar-refractivity contribution < 1.29 is 13.9 Å². The molecular formula is C14H13BrClNO3. The fourth-order valence-corrected chi connectivity index (χ4v) is 2.56. The number of rotatable bonds is 4. The molecule has 2 rings (SSSR count). The number of carbonyl (C=O) groups is 1. The predicted octanol–water partition coefficient (Wildman–Crippen LogP) is 3.79. The summed E-state index contributed by atoms with van der Waals surface area (Å²) in [6, 6.07) is 8.61. The van der Waals surface area contributed by atoms with Gasteiger partial charge in [0.2, 0.25) is 5.76 Å². The third-order valence-electron chi connectivity index (χ3n) is 2.86. The van der Waals surface area contributed by atoms with Gasteiger partial charge in [-0.1, -0.05) is 27.5 Å². The van der Waals surface area contributed by atoms with Crippen molar-refractivity contribution in [3.8, 4) is 0 Å². The van der Waals surface area contributed by atoms with Crippen LogP contribution < -0.4 is 5.32 Å². The highest BCUT2D eigenvalue weighted by molar-refractivity contribution is 9.10. The van der Waals surface area contributed by atoms with E-state index in [0.29, 0.717) is 10.8 Å². The van der Waals surface area contributed by atoms with Crippen molar-refractivity contribution in [1.29, 1.82) is 0 Å². The quantitative estimate of drug-likeness (QED) is 0.845. The molecule has 0 amide bonds. The number of nitrogens with one attached hydrogen (secondary N) is 1. The summed E-state index contributed by atoms with van der Waals surface area (Å²) in [6.07, 6.45) is 0. The van der Waals surface area contributed by atoms with Crippen molar-refractivity contribution in [3.05, 3.63) is 56.9 Å². The topological polar surface area (TPSA) is 51.5 Å². The average molecular weight is 359 g/mol. The fraction of sp³-hybridized carbons (Fsp3) is 0.214. The Morgan fingerprint density at radius 3 is 2.80 bits per heavy atom. The van der Waals surface area contributed by atoms with Gasteiger partial charge >= 0.3 is 5.97 Å². The van der Waals surface area contributed by atoms with Crippen LogP contribution >= 0.6 is 27.5 Å². The number of methoxy groups -OCH3 is 1. The molecule has 0 saturated carbocycles. The SMILES string of the molecule is CNC(c1ccc(C(=O)OC)o1)c1cc(Cl)ccc1Br. The van der Waals surface area contributed by atoms with Crippen LogP contribution in [0, 0.1) is 0 Å². The lowest BCUT2D eigenvalue weighted by atomic mass is 10.1. The van der Waals surface area contributed by atoms with Crippen molar-refractivity contribution in [1.82, 2.24) is 5.32 Å². The zero-order valence-corrected chi connectivity index (χ0v) is 13.3. The van der Waals surface area contributed by atoms with Crippen molar-refractivity contribution >= 4 is 33.5 Å². The molecule has 0 spiro atoms. The number of esters is 1. The maximum atomic E-state index is 11.4. The Balaban J connectivity index is 2.39. The van der Waals surface area contributed by atoms with Gasteiger partial charge in [0, 0.05) is 9.50 Å². The van der Waals surface area contributed by atoms with Crippen LogP contribution in [0.25, 0.3) is 0 Å². The van der Waals surface area contributed by atoms with E-state index in [4.69, 9.17) is 16.0 Å². The van der Waals surface area contributed by atoms with E-state index in [9.17, 15) is 4.79 Å². The third-order valence-corrected chi connectivity index (χ3v) is 3.81. The van der Waals surface area contributed by atoms with Gasteiger partial charge in [-0.15, -0.1) is 0 Å². The lowest BCUT2D eigenvalue weighted by Crippen LogP contribution is -2.17. The maximum Gasteiger partial charge on any atom is 0.373 e. The summed E-state index contributed by atoms with van der Waals surface area (Å²) >= 11 is 9.52. The van der Waals surface area contributed by atoms with Gasteiger partial charge in [0.15, 0.2) is 0 Å². The maximum absolute atomic E-state index is 11.4. The number of hydrogen-bond donors (Lipinski definition) is 1. The minimum absolute atomic E-state index is 0.168. The molecule has 1 unspecified atom stereocenters. The summed E-state index contributed by atoms with van der Waals surface area (Å²) < 4.78 is 11.1. The first-order valence-corrected chi connectivity index (χ1v) is 7.04. The molecule has 0 fully saturated rings. The van der Waals surface area contributed by atoms with Gasteiger partial charge in [0.05, 0.1) is 13.2 Å². The monoisotopic (exact) mass is 357 g/mol. The molecule has 0 aliphatic carbocycles. The first-order valence-electron chi connectivity index (χ1n) is 5.87. The molecule has 0 aliphatic rings. The number of benzene rings is 1. The van der Waals surface area contributed by atoms with E-state index in [1.54, 1.807) is 25.2 Å². The molecule has 20 heavy (non-hydrogen) atoms. The van der Waals surface area contributed by atoms with Crippen molar-refractivity contribution in [3.63, 3.8) is 0 Å². The molecule has 4 nitrogen and oxygen atoms in total. The number of halogens is 2. The Bertz CT molecular complexity index is 627. The molecular weight excluding hydrogens is 346 g/mol. The van der Waals surface area contributed by atoms with E-state index in [1.165, 1.54) is 7.11 Å². The van der Waals surface area contributed by atoms with Crippen LogP contribution in [0.15, 0.2) is 39.2 Å². The van der Waals surface area contributed by atoms with Crippen LogP contribution in [0.3, 0.4) is 0 Å². The first kappa shape index (κ1) is 15.1. The van der Waals surface area contributed by atoms with Gasteiger partial charge in [-0.25, -0.2) is 4.79 Å². The molecule has 0 saturated heterocycles. The second-order valence-corrected chi connectivity index (χ2v) is 5.37. The van der Waals surface area contributed by atoms with E-state index >= 15 is 0 Å². The number of furan rings is 1. The van der Waals surface area contributed by atoms with E-state index in [0.717, 1.165) is 10.0 Å². The molecule has 1 aromatic heterocycles. The zero-order valence-electron chi connectivity index (χ0n) is 10.9. The lowest BCUT2D eigenvalue weighted by molar-refractivity contribution is 0.0562. The molecule has 1 aromatic carbocycles. The van der Waals surface area contributed by atoms with E-state index in [2.05, 4.69) is 26.0 Å². The summed E-state index contributed by atoms with van der Waals surface area (Å²) in [4.78, 5) is 11.4. The Morgan fingerprint density at radius 1 is 1.40 bits per heavy atom. The van der Waals surface area contributed by atoms with Gasteiger partial charge in [0.1, 0.15) is 5.76 Å². The lowest BCUT2D eigenvalue weighted by Gasteiger charge is -2.16. The molecule has 0 radical (unpaired) electrons. The minimum Gasteiger partial charge on any atom is -0.463 e. The summed E-state index contributed by atoms with van der Waals surface area (Å²) in [5.74, 6) is 0.271. The van der Waals surface area contributed by atoms with E-state index in [1.807, 2.05) is 12.1 Å². The van der Waals surface area contributed by atoms with Crippen LogP contribution in [0.5, 0.6) is 0 Å². The smallest absolute Gasteiger partial charge is 0.373 e. The second kappa shape index (κ2) is 6.43. The van der Waals surface area contributed by atoms with Gasteiger partial charge in [-0.2, -0.15) is 0 Å². The standard InChI is InChI=1S/C14H13BrClNO3/c1-17-13(9-7-8(16)3-4-10(9)15)11-5-6-12(20-11)14(18)19-2/h3-7,13,17H,1-2H3. The van der Waals surface area contributed by atoms with Gasteiger partial charge in [0.25, 0.3) is 0 Å². The van der Waals surface area contributed by atoms with Crippen LogP contribution in [0.2, 0.25) is 5.02 Å². The largest absolute Gasteiger partial charge is 0.463 e. The molecule has 1 heterocycles. The summed E-state index contributed by atoms with van der Waals surface area (Å²) in [7, 11) is 3.12. The Hall–Kier alpha value is -1.30. The second-order valence-electron chi connectivity index (χ2n) is 4.08. The average Bonchev–Trinajstić information content (AvgIpc) is 2.92. The Kier molecular flexibility index (Phi) is 4.86. The first-order chi connectivity index (χ1) is 9.56. The fourth-order valence-electron chi connectivity index (χ4n) is 1.91. The van der Waals surface area contributed by atoms with Crippen molar-refractivity contribution in [2.75, 3.05) is 14.2 Å². The molecule has 2 aromatic rings. The summed E-state index contributed by atoms with van der Waals surface area (Å²) in [5, 5.41) is 3.77. The number of hydrogen-bond acceptors (Lipinski definition) is 4. The van der Waals surface area contributed by atoms with Crippen molar-refractivity contribution in [2.45, 2.75) is 6.04 Å². The zero-order chi connectivity index (χ0) is 14.7. The van der Waals surface area contributed by atoms with Gasteiger partial charge < -0.3 is 14.5 Å². The predicted molar refractivity (Wildman–Crippen MR) is 80.1 cm³/mol. The number of carbonyl (C=O) groups excluding carboxylic acids is 1. The van der Waals surface area contributed by atoms with E-state index in [-0.39, 0.29) is 11.8 Å². The van der Waals surface area contributed by atoms with Crippen LogP contribution in [0.1, 0.15) is 27.9 Å². The van der Waals surface area contributed by atoms with Crippen LogP contribution in [0.4, 0.5) is 0 Å². The minimum atomic E-state index is -0.503. The van der Waals surface area contributed by atoms with Crippen LogP contribution in [-0.4, -0.2) is 20.1 Å². The highest BCUT2D eigenvalue weighted by Gasteiger charge is 2.21. The van der Waals surface area contributed by atoms with E-state index < -0.39 is 5.97 Å². The summed E-state index contributed by atoms with van der Waals surface area (Å²) in [5.41, 5.74) is 0.922. The Labute approximate surface area is 130 Å². The normalized spacial score (nSPS) is 12.2. The molecule has 6 heteroatoms. The Morgan fingerprint density at radius 2 is 2.15 bits per heavy atom. The highest BCUT2D eigenvalue weighted by Crippen LogP contribution is 2.31. The highest BCUT2D eigenvalue weighted by atomic mass is 79.9. The third kappa shape index (κ3) is 3.06. The summed E-state index contributed by atoms with van der Waals surface area (Å²) in [6.45, 7) is 0. The molecule has 0 aliphatic heterocycles. The van der Waals surface area contributed by atoms with Crippen LogP contribution in [-0.2, 0) is 4.74 Å².